The maximum absolute atomic E-state index is 13.0. The maximum atomic E-state index is 13.0. The Balaban J connectivity index is 0.00000113. The molecule has 4 aromatic rings. The SMILES string of the molecule is C=C(C)N.C=NC=O.CCO[C@H](C)COC.CCn1nc(C)cc1C(=O)N=c1n(C)c2cc(C)cc(OCc3ccc(OC)cc3)c2n1C.NC=O. The number of allylic oxidation sites excluding steroid dienone is 1. The zero-order chi connectivity index (χ0) is 39.8. The molecule has 2 aromatic heterocycles. The number of primary amides is 1. The Morgan fingerprint density at radius 2 is 1.63 bits per heavy atom. The van der Waals surface area contributed by atoms with Gasteiger partial charge in [-0.25, -0.2) is 4.99 Å². The number of hydrogen-bond acceptors (Lipinski definition) is 9. The Bertz CT molecular complexity index is 1760. The lowest BCUT2D eigenvalue weighted by molar-refractivity contribution is -0.107. The van der Waals surface area contributed by atoms with Crippen LogP contribution < -0.4 is 26.6 Å². The molecule has 0 fully saturated rings. The highest BCUT2D eigenvalue weighted by Crippen LogP contribution is 2.27. The largest absolute Gasteiger partial charge is 0.497 e. The molecule has 2 aromatic carbocycles. The molecule has 0 spiro atoms. The lowest BCUT2D eigenvalue weighted by Gasteiger charge is -2.10. The number of benzene rings is 2. The molecule has 0 unspecified atom stereocenters. The minimum atomic E-state index is -0.323. The number of aryl methyl sites for hydroxylation is 5. The highest BCUT2D eigenvalue weighted by molar-refractivity contribution is 5.93. The van der Waals surface area contributed by atoms with Gasteiger partial charge in [0.15, 0.2) is 0 Å². The average molecular weight is 725 g/mol. The van der Waals surface area contributed by atoms with E-state index < -0.39 is 0 Å². The van der Waals surface area contributed by atoms with E-state index in [4.69, 9.17) is 34.3 Å². The van der Waals surface area contributed by atoms with E-state index >= 15 is 0 Å². The number of nitrogens with two attached hydrogens (primary N) is 2. The predicted molar refractivity (Wildman–Crippen MR) is 204 cm³/mol. The Labute approximate surface area is 306 Å². The topological polar surface area (TPSA) is 193 Å². The summed E-state index contributed by atoms with van der Waals surface area (Å²) in [5.41, 5.74) is 15.5. The third-order valence-electron chi connectivity index (χ3n) is 6.60. The fourth-order valence-corrected chi connectivity index (χ4v) is 4.57. The van der Waals surface area contributed by atoms with E-state index in [0.717, 1.165) is 46.0 Å². The van der Waals surface area contributed by atoms with E-state index in [1.165, 1.54) is 0 Å². The number of fused-ring (bicyclic) bond motifs is 1. The Kier molecular flexibility index (Phi) is 22.7. The molecule has 4 rings (SSSR count). The van der Waals surface area contributed by atoms with Crippen molar-refractivity contribution in [1.82, 2.24) is 18.9 Å². The van der Waals surface area contributed by atoms with E-state index in [-0.39, 0.29) is 18.4 Å². The minimum absolute atomic E-state index is 0.241. The van der Waals surface area contributed by atoms with E-state index in [0.29, 0.717) is 43.2 Å². The van der Waals surface area contributed by atoms with Crippen LogP contribution in [0, 0.1) is 13.8 Å². The summed E-state index contributed by atoms with van der Waals surface area (Å²) in [5, 5.41) is 4.36. The van der Waals surface area contributed by atoms with Crippen LogP contribution >= 0.6 is 0 Å². The molecule has 3 amide bonds. The number of imidazole rings is 1. The standard InChI is InChI=1S/C25H29N5O3.C6H14O2.C3H7N.C2H3NO.CH3NO/c1-7-30-21(14-17(3)27-30)24(31)26-25-28(4)20-12-16(2)13-22(23(20)29(25)5)33-15-18-8-10-19(32-6)11-9-18;1-4-8-6(2)5-7-3;1-3(2)4;1-3-2-4;2-1-3/h8-14H,7,15H2,1-6H3;6H,4-5H2,1-3H3;1,4H2,2H3;2H,1H2;1H,(H2,2,3)/t;6-;;;/m.1.../s1. The van der Waals surface area contributed by atoms with Crippen LogP contribution in [0.2, 0.25) is 0 Å². The third kappa shape index (κ3) is 16.0. The molecular formula is C37H56N8O7. The molecule has 4 N–H and O–H groups in total. The van der Waals surface area contributed by atoms with Gasteiger partial charge in [0.2, 0.25) is 18.4 Å². The minimum Gasteiger partial charge on any atom is -0.497 e. The van der Waals surface area contributed by atoms with Crippen LogP contribution in [-0.2, 0) is 46.3 Å². The third-order valence-corrected chi connectivity index (χ3v) is 6.60. The second-order valence-corrected chi connectivity index (χ2v) is 11.1. The first-order valence-corrected chi connectivity index (χ1v) is 16.3. The van der Waals surface area contributed by atoms with E-state index in [1.807, 2.05) is 88.2 Å². The number of ether oxygens (including phenoxy) is 4. The van der Waals surface area contributed by atoms with Gasteiger partial charge in [0.25, 0.3) is 5.91 Å². The molecule has 0 radical (unpaired) electrons. The Morgan fingerprint density at radius 1 is 1.06 bits per heavy atom. The first-order chi connectivity index (χ1) is 24.7. The molecule has 0 aliphatic rings. The number of rotatable bonds is 11. The number of methoxy groups -OCH3 is 2. The van der Waals surface area contributed by atoms with Crippen molar-refractivity contribution in [1.29, 1.82) is 0 Å². The molecule has 52 heavy (non-hydrogen) atoms. The second-order valence-electron chi connectivity index (χ2n) is 11.1. The summed E-state index contributed by atoms with van der Waals surface area (Å²) >= 11 is 0. The summed E-state index contributed by atoms with van der Waals surface area (Å²) < 4.78 is 26.9. The van der Waals surface area contributed by atoms with Crippen molar-refractivity contribution in [2.45, 2.75) is 60.8 Å². The van der Waals surface area contributed by atoms with Crippen LogP contribution in [0.15, 0.2) is 64.7 Å². The first kappa shape index (κ1) is 46.5. The molecule has 15 nitrogen and oxygen atoms in total. The van der Waals surface area contributed by atoms with E-state index in [2.05, 4.69) is 40.2 Å². The van der Waals surface area contributed by atoms with Gasteiger partial charge in [-0.2, -0.15) is 10.1 Å². The fourth-order valence-electron chi connectivity index (χ4n) is 4.57. The number of aliphatic imine (C=N–C) groups is 1. The molecule has 15 heteroatoms. The van der Waals surface area contributed by atoms with Crippen molar-refractivity contribution < 1.29 is 33.3 Å². The molecule has 0 saturated carbocycles. The van der Waals surface area contributed by atoms with Gasteiger partial charge in [-0.05, 0) is 95.4 Å². The summed E-state index contributed by atoms with van der Waals surface area (Å²) in [6.07, 6.45) is 0.880. The van der Waals surface area contributed by atoms with Crippen LogP contribution in [0.3, 0.4) is 0 Å². The van der Waals surface area contributed by atoms with Gasteiger partial charge in [-0.15, -0.1) is 0 Å². The van der Waals surface area contributed by atoms with Crippen LogP contribution in [0.5, 0.6) is 11.5 Å². The highest BCUT2D eigenvalue weighted by atomic mass is 16.5. The molecule has 0 bridgehead atoms. The van der Waals surface area contributed by atoms with Crippen LogP contribution in [0.1, 0.15) is 55.0 Å². The van der Waals surface area contributed by atoms with E-state index in [9.17, 15) is 4.79 Å². The molecule has 1 atom stereocenters. The van der Waals surface area contributed by atoms with Gasteiger partial charge in [0.1, 0.15) is 29.3 Å². The Hall–Kier alpha value is -5.54. The maximum Gasteiger partial charge on any atom is 0.298 e. The number of carbonyl (C=O) groups excluding carboxylic acids is 3. The van der Waals surface area contributed by atoms with Gasteiger partial charge in [0.05, 0.1) is 31.0 Å². The molecule has 2 heterocycles. The lowest BCUT2D eigenvalue weighted by atomic mass is 10.2. The average Bonchev–Trinajstić information content (AvgIpc) is 3.60. The number of amides is 3. The predicted octanol–water partition coefficient (Wildman–Crippen LogP) is 4.16. The van der Waals surface area contributed by atoms with Crippen molar-refractivity contribution in [3.63, 3.8) is 0 Å². The highest BCUT2D eigenvalue weighted by Gasteiger charge is 2.17. The monoisotopic (exact) mass is 724 g/mol. The molecule has 286 valence electrons. The number of hydrogen-bond donors (Lipinski definition) is 2. The van der Waals surface area contributed by atoms with E-state index in [1.54, 1.807) is 31.9 Å². The van der Waals surface area contributed by atoms with Gasteiger partial charge >= 0.3 is 0 Å². The molecule has 0 saturated heterocycles. The molecule has 0 aliphatic heterocycles. The van der Waals surface area contributed by atoms with Crippen molar-refractivity contribution in [2.24, 2.45) is 35.5 Å². The number of aromatic nitrogens is 4. The Morgan fingerprint density at radius 3 is 2.12 bits per heavy atom. The zero-order valence-corrected chi connectivity index (χ0v) is 32.2. The summed E-state index contributed by atoms with van der Waals surface area (Å²) in [6, 6.07) is 13.6. The molecule has 0 aliphatic carbocycles. The van der Waals surface area contributed by atoms with Gasteiger partial charge < -0.3 is 39.5 Å². The summed E-state index contributed by atoms with van der Waals surface area (Å²) in [7, 11) is 7.13. The number of carbonyl (C=O) groups is 3. The first-order valence-electron chi connectivity index (χ1n) is 16.3. The van der Waals surface area contributed by atoms with Crippen molar-refractivity contribution >= 4 is 36.5 Å². The normalized spacial score (nSPS) is 10.8. The van der Waals surface area contributed by atoms with Gasteiger partial charge in [0, 0.05) is 34.4 Å². The second kappa shape index (κ2) is 25.4. The van der Waals surface area contributed by atoms with Crippen LogP contribution in [0.25, 0.3) is 11.0 Å². The fraction of sp³-hybridized carbons (Fsp3) is 0.405. The quantitative estimate of drug-likeness (QED) is 0.169. The summed E-state index contributed by atoms with van der Waals surface area (Å²) in [4.78, 5) is 37.8. The van der Waals surface area contributed by atoms with Gasteiger partial charge in [-0.3, -0.25) is 19.1 Å². The van der Waals surface area contributed by atoms with Gasteiger partial charge in [-0.1, -0.05) is 18.7 Å². The van der Waals surface area contributed by atoms with Crippen molar-refractivity contribution in [3.05, 3.63) is 82.9 Å². The molecular weight excluding hydrogens is 668 g/mol. The summed E-state index contributed by atoms with van der Waals surface area (Å²) in [5.74, 6) is 1.22. The van der Waals surface area contributed by atoms with Crippen LogP contribution in [0.4, 0.5) is 0 Å². The smallest absolute Gasteiger partial charge is 0.298 e. The lowest BCUT2D eigenvalue weighted by Crippen LogP contribution is -2.24. The number of nitrogens with zero attached hydrogens (tertiary/aromatic N) is 6. The van der Waals surface area contributed by atoms with Crippen LogP contribution in [-0.4, -0.2) is 77.9 Å². The van der Waals surface area contributed by atoms with Crippen molar-refractivity contribution in [3.8, 4) is 11.5 Å². The van der Waals surface area contributed by atoms with Crippen molar-refractivity contribution in [2.75, 3.05) is 27.4 Å². The zero-order valence-electron chi connectivity index (χ0n) is 32.2. The summed E-state index contributed by atoms with van der Waals surface area (Å²) in [6.45, 7) is 20.2.